The molecule has 4 heteroatoms. The summed E-state index contributed by atoms with van der Waals surface area (Å²) in [6, 6.07) is 4.72. The molecule has 0 aliphatic heterocycles. The van der Waals surface area contributed by atoms with Gasteiger partial charge in [0.1, 0.15) is 0 Å². The Morgan fingerprint density at radius 1 is 1.44 bits per heavy atom. The smallest absolute Gasteiger partial charge is 0.234 e. The number of nitrogens with one attached hydrogen (secondary N) is 2. The van der Waals surface area contributed by atoms with E-state index in [1.165, 1.54) is 4.88 Å². The lowest BCUT2D eigenvalue weighted by Gasteiger charge is -2.14. The fraction of sp³-hybridized carbons (Fsp3) is 0.583. The van der Waals surface area contributed by atoms with Crippen molar-refractivity contribution in [2.75, 3.05) is 6.54 Å². The molecule has 2 N–H and O–H groups in total. The zero-order valence-corrected chi connectivity index (χ0v) is 10.9. The van der Waals surface area contributed by atoms with Crippen LogP contribution in [0.25, 0.3) is 0 Å². The van der Waals surface area contributed by atoms with Crippen LogP contribution in [0.4, 0.5) is 0 Å². The molecule has 0 fully saturated rings. The van der Waals surface area contributed by atoms with Crippen molar-refractivity contribution in [3.05, 3.63) is 22.4 Å². The average molecular weight is 240 g/mol. The summed E-state index contributed by atoms with van der Waals surface area (Å²) in [5.41, 5.74) is 0. The van der Waals surface area contributed by atoms with E-state index in [-0.39, 0.29) is 11.9 Å². The Hall–Kier alpha value is -0.870. The normalized spacial score (nSPS) is 12.8. The molecular formula is C12H20N2OS. The maximum Gasteiger partial charge on any atom is 0.234 e. The fourth-order valence-electron chi connectivity index (χ4n) is 1.44. The van der Waals surface area contributed by atoms with Gasteiger partial charge in [-0.25, -0.2) is 0 Å². The Bertz CT molecular complexity index is 309. The second kappa shape index (κ2) is 6.66. The number of hydrogen-bond acceptors (Lipinski definition) is 3. The molecule has 90 valence electrons. The molecule has 1 aromatic rings. The Morgan fingerprint density at radius 2 is 2.19 bits per heavy atom. The van der Waals surface area contributed by atoms with Crippen molar-refractivity contribution < 1.29 is 4.79 Å². The van der Waals surface area contributed by atoms with Crippen LogP contribution in [-0.4, -0.2) is 24.5 Å². The van der Waals surface area contributed by atoms with E-state index in [0.717, 1.165) is 6.42 Å². The van der Waals surface area contributed by atoms with Gasteiger partial charge in [-0.1, -0.05) is 6.07 Å². The molecule has 1 atom stereocenters. The van der Waals surface area contributed by atoms with Crippen molar-refractivity contribution in [1.82, 2.24) is 10.6 Å². The van der Waals surface area contributed by atoms with Crippen LogP contribution >= 0.6 is 11.3 Å². The summed E-state index contributed by atoms with van der Waals surface area (Å²) < 4.78 is 0. The predicted molar refractivity (Wildman–Crippen MR) is 68.8 cm³/mol. The number of amides is 1. The van der Waals surface area contributed by atoms with Gasteiger partial charge in [-0.05, 0) is 38.6 Å². The maximum atomic E-state index is 11.4. The molecule has 1 aromatic heterocycles. The first-order chi connectivity index (χ1) is 7.58. The Morgan fingerprint density at radius 3 is 2.75 bits per heavy atom. The number of carbonyl (C=O) groups is 1. The molecule has 0 aliphatic carbocycles. The summed E-state index contributed by atoms with van der Waals surface area (Å²) in [5.74, 6) is 0.0630. The molecule has 0 aromatic carbocycles. The highest BCUT2D eigenvalue weighted by molar-refractivity contribution is 7.09. The molecule has 0 saturated heterocycles. The summed E-state index contributed by atoms with van der Waals surface area (Å²) in [4.78, 5) is 12.7. The quantitative estimate of drug-likeness (QED) is 0.796. The van der Waals surface area contributed by atoms with Gasteiger partial charge in [0.25, 0.3) is 0 Å². The third-order valence-corrected chi connectivity index (χ3v) is 3.05. The maximum absolute atomic E-state index is 11.4. The van der Waals surface area contributed by atoms with Crippen LogP contribution in [-0.2, 0) is 11.2 Å². The van der Waals surface area contributed by atoms with Crippen LogP contribution in [0.5, 0.6) is 0 Å². The second-order valence-electron chi connectivity index (χ2n) is 4.29. The standard InChI is InChI=1S/C12H20N2OS/c1-9(2)14-12(15)8-13-10(3)7-11-5-4-6-16-11/h4-6,9-10,13H,7-8H2,1-3H3,(H,14,15). The van der Waals surface area contributed by atoms with Crippen molar-refractivity contribution in [1.29, 1.82) is 0 Å². The molecule has 1 unspecified atom stereocenters. The van der Waals surface area contributed by atoms with Crippen molar-refractivity contribution >= 4 is 17.2 Å². The molecule has 0 spiro atoms. The van der Waals surface area contributed by atoms with Gasteiger partial charge in [-0.15, -0.1) is 11.3 Å². The number of hydrogen-bond donors (Lipinski definition) is 2. The third-order valence-electron chi connectivity index (χ3n) is 2.15. The van der Waals surface area contributed by atoms with Gasteiger partial charge in [0, 0.05) is 17.0 Å². The van der Waals surface area contributed by atoms with Gasteiger partial charge < -0.3 is 10.6 Å². The van der Waals surface area contributed by atoms with Crippen molar-refractivity contribution in [2.45, 2.75) is 39.3 Å². The van der Waals surface area contributed by atoms with Crippen molar-refractivity contribution in [2.24, 2.45) is 0 Å². The third kappa shape index (κ3) is 5.28. The molecule has 0 aliphatic rings. The van der Waals surface area contributed by atoms with E-state index in [1.807, 2.05) is 13.8 Å². The SMILES string of the molecule is CC(C)NC(=O)CNC(C)Cc1cccs1. The summed E-state index contributed by atoms with van der Waals surface area (Å²) in [6.07, 6.45) is 0.979. The summed E-state index contributed by atoms with van der Waals surface area (Å²) >= 11 is 1.76. The number of carbonyl (C=O) groups excluding carboxylic acids is 1. The minimum Gasteiger partial charge on any atom is -0.353 e. The highest BCUT2D eigenvalue weighted by Crippen LogP contribution is 2.10. The van der Waals surface area contributed by atoms with E-state index in [9.17, 15) is 4.79 Å². The van der Waals surface area contributed by atoms with Crippen LogP contribution in [0.15, 0.2) is 17.5 Å². The van der Waals surface area contributed by atoms with Gasteiger partial charge >= 0.3 is 0 Å². The van der Waals surface area contributed by atoms with E-state index in [0.29, 0.717) is 12.6 Å². The monoisotopic (exact) mass is 240 g/mol. The van der Waals surface area contributed by atoms with Crippen LogP contribution in [0.3, 0.4) is 0 Å². The molecule has 16 heavy (non-hydrogen) atoms. The van der Waals surface area contributed by atoms with Crippen molar-refractivity contribution in [3.63, 3.8) is 0 Å². The van der Waals surface area contributed by atoms with E-state index < -0.39 is 0 Å². The Labute approximate surface area is 101 Å². The lowest BCUT2D eigenvalue weighted by Crippen LogP contribution is -2.41. The van der Waals surface area contributed by atoms with Gasteiger partial charge in [0.2, 0.25) is 5.91 Å². The highest BCUT2D eigenvalue weighted by atomic mass is 32.1. The van der Waals surface area contributed by atoms with Crippen LogP contribution < -0.4 is 10.6 Å². The van der Waals surface area contributed by atoms with E-state index in [2.05, 4.69) is 35.1 Å². The van der Waals surface area contributed by atoms with E-state index in [1.54, 1.807) is 11.3 Å². The van der Waals surface area contributed by atoms with Gasteiger partial charge in [-0.2, -0.15) is 0 Å². The number of rotatable bonds is 6. The molecular weight excluding hydrogens is 220 g/mol. The largest absolute Gasteiger partial charge is 0.353 e. The van der Waals surface area contributed by atoms with E-state index >= 15 is 0 Å². The van der Waals surface area contributed by atoms with Gasteiger partial charge in [0.15, 0.2) is 0 Å². The molecule has 0 saturated carbocycles. The molecule has 3 nitrogen and oxygen atoms in total. The number of thiophene rings is 1. The van der Waals surface area contributed by atoms with Gasteiger partial charge in [-0.3, -0.25) is 4.79 Å². The predicted octanol–water partition coefficient (Wildman–Crippen LogP) is 1.79. The lowest BCUT2D eigenvalue weighted by atomic mass is 10.2. The van der Waals surface area contributed by atoms with Crippen LogP contribution in [0, 0.1) is 0 Å². The topological polar surface area (TPSA) is 41.1 Å². The Kier molecular flexibility index (Phi) is 5.49. The zero-order valence-electron chi connectivity index (χ0n) is 10.1. The minimum absolute atomic E-state index is 0.0630. The first kappa shape index (κ1) is 13.2. The zero-order chi connectivity index (χ0) is 12.0. The first-order valence-corrected chi connectivity index (χ1v) is 6.51. The Balaban J connectivity index is 2.20. The second-order valence-corrected chi connectivity index (χ2v) is 5.32. The van der Waals surface area contributed by atoms with Crippen molar-refractivity contribution in [3.8, 4) is 0 Å². The lowest BCUT2D eigenvalue weighted by molar-refractivity contribution is -0.120. The van der Waals surface area contributed by atoms with E-state index in [4.69, 9.17) is 0 Å². The molecule has 1 heterocycles. The highest BCUT2D eigenvalue weighted by Gasteiger charge is 2.07. The molecule has 1 rings (SSSR count). The molecule has 0 radical (unpaired) electrons. The molecule has 0 bridgehead atoms. The summed E-state index contributed by atoms with van der Waals surface area (Å²) in [5, 5.41) is 8.16. The minimum atomic E-state index is 0.0630. The summed E-state index contributed by atoms with van der Waals surface area (Å²) in [7, 11) is 0. The molecule has 1 amide bonds. The average Bonchev–Trinajstić information content (AvgIpc) is 2.66. The van der Waals surface area contributed by atoms with Crippen LogP contribution in [0.1, 0.15) is 25.6 Å². The van der Waals surface area contributed by atoms with Crippen LogP contribution in [0.2, 0.25) is 0 Å². The van der Waals surface area contributed by atoms with Gasteiger partial charge in [0.05, 0.1) is 6.54 Å². The summed E-state index contributed by atoms with van der Waals surface area (Å²) in [6.45, 7) is 6.42. The fourth-order valence-corrected chi connectivity index (χ4v) is 2.28. The first-order valence-electron chi connectivity index (χ1n) is 5.63.